The molecule has 5 nitrogen and oxygen atoms in total. The number of carbonyl (C=O) groups is 1. The molecule has 0 aliphatic rings. The van der Waals surface area contributed by atoms with Crippen molar-refractivity contribution < 1.29 is 14.6 Å². The Morgan fingerprint density at radius 3 is 2.62 bits per heavy atom. The standard InChI is InChI=1S/C19H20Br2N2O3/c1-3-12(2)13-4-6-15(7-5-13)26-11-19(25)23-22-10-14-8-18(24)17(21)9-16(14)20/h4-10,12,24H,3,11H2,1-2H3,(H,23,25). The summed E-state index contributed by atoms with van der Waals surface area (Å²) in [6.45, 7) is 4.19. The average molecular weight is 484 g/mol. The summed E-state index contributed by atoms with van der Waals surface area (Å²) in [6.07, 6.45) is 2.52. The third-order valence-electron chi connectivity index (χ3n) is 3.89. The van der Waals surface area contributed by atoms with E-state index in [1.54, 1.807) is 6.07 Å². The minimum atomic E-state index is -0.371. The van der Waals surface area contributed by atoms with Crippen molar-refractivity contribution in [2.45, 2.75) is 26.2 Å². The Labute approximate surface area is 169 Å². The normalized spacial score (nSPS) is 12.2. The molecule has 0 aliphatic heterocycles. The van der Waals surface area contributed by atoms with Gasteiger partial charge in [0.25, 0.3) is 5.91 Å². The fraction of sp³-hybridized carbons (Fsp3) is 0.263. The Balaban J connectivity index is 1.84. The Morgan fingerprint density at radius 2 is 1.96 bits per heavy atom. The van der Waals surface area contributed by atoms with Crippen LogP contribution >= 0.6 is 31.9 Å². The molecule has 2 aromatic rings. The van der Waals surface area contributed by atoms with Crippen molar-refractivity contribution in [3.63, 3.8) is 0 Å². The number of nitrogens with one attached hydrogen (secondary N) is 1. The summed E-state index contributed by atoms with van der Waals surface area (Å²) in [6, 6.07) is 11.0. The minimum Gasteiger partial charge on any atom is -0.507 e. The minimum absolute atomic E-state index is 0.0881. The van der Waals surface area contributed by atoms with Gasteiger partial charge in [0, 0.05) is 10.0 Å². The Hall–Kier alpha value is -1.86. The van der Waals surface area contributed by atoms with Crippen LogP contribution in [0.1, 0.15) is 37.3 Å². The monoisotopic (exact) mass is 482 g/mol. The summed E-state index contributed by atoms with van der Waals surface area (Å²) >= 11 is 6.58. The summed E-state index contributed by atoms with van der Waals surface area (Å²) in [5.74, 6) is 0.852. The molecule has 26 heavy (non-hydrogen) atoms. The van der Waals surface area contributed by atoms with E-state index in [1.165, 1.54) is 17.8 Å². The van der Waals surface area contributed by atoms with Gasteiger partial charge in [0.2, 0.25) is 0 Å². The SMILES string of the molecule is CCC(C)c1ccc(OCC(=O)NN=Cc2cc(O)c(Br)cc2Br)cc1. The molecule has 0 saturated heterocycles. The molecule has 0 fully saturated rings. The molecule has 1 atom stereocenters. The number of phenols is 1. The van der Waals surface area contributed by atoms with Gasteiger partial charge in [0.1, 0.15) is 11.5 Å². The van der Waals surface area contributed by atoms with Gasteiger partial charge in [-0.25, -0.2) is 5.43 Å². The van der Waals surface area contributed by atoms with Crippen molar-refractivity contribution in [1.82, 2.24) is 5.43 Å². The second-order valence-electron chi connectivity index (χ2n) is 5.79. The van der Waals surface area contributed by atoms with Gasteiger partial charge in [0.05, 0.1) is 10.7 Å². The smallest absolute Gasteiger partial charge is 0.277 e. The second kappa shape index (κ2) is 9.73. The van der Waals surface area contributed by atoms with E-state index in [0.29, 0.717) is 21.7 Å². The first-order valence-electron chi connectivity index (χ1n) is 8.13. The Bertz CT molecular complexity index is 792. The highest BCUT2D eigenvalue weighted by molar-refractivity contribution is 9.11. The van der Waals surface area contributed by atoms with Gasteiger partial charge in [-0.1, -0.05) is 41.9 Å². The lowest BCUT2D eigenvalue weighted by Crippen LogP contribution is -2.24. The molecule has 1 unspecified atom stereocenters. The molecule has 138 valence electrons. The van der Waals surface area contributed by atoms with Crippen molar-refractivity contribution in [1.29, 1.82) is 0 Å². The van der Waals surface area contributed by atoms with Crippen LogP contribution in [0.4, 0.5) is 0 Å². The van der Waals surface area contributed by atoms with Gasteiger partial charge < -0.3 is 9.84 Å². The first-order chi connectivity index (χ1) is 12.4. The highest BCUT2D eigenvalue weighted by atomic mass is 79.9. The van der Waals surface area contributed by atoms with Gasteiger partial charge in [-0.3, -0.25) is 4.79 Å². The summed E-state index contributed by atoms with van der Waals surface area (Å²) in [5, 5.41) is 13.5. The molecule has 0 spiro atoms. The van der Waals surface area contributed by atoms with E-state index in [1.807, 2.05) is 24.3 Å². The van der Waals surface area contributed by atoms with Crippen molar-refractivity contribution in [3.8, 4) is 11.5 Å². The number of aromatic hydroxyl groups is 1. The first kappa shape index (κ1) is 20.5. The van der Waals surface area contributed by atoms with E-state index in [4.69, 9.17) is 4.74 Å². The molecular weight excluding hydrogens is 464 g/mol. The fourth-order valence-electron chi connectivity index (χ4n) is 2.14. The molecular formula is C19H20Br2N2O3. The highest BCUT2D eigenvalue weighted by Crippen LogP contribution is 2.29. The third-order valence-corrected chi connectivity index (χ3v) is 5.21. The van der Waals surface area contributed by atoms with Crippen LogP contribution in [-0.4, -0.2) is 23.8 Å². The number of hydrogen-bond acceptors (Lipinski definition) is 4. The van der Waals surface area contributed by atoms with Gasteiger partial charge >= 0.3 is 0 Å². The maximum absolute atomic E-state index is 11.8. The maximum atomic E-state index is 11.8. The van der Waals surface area contributed by atoms with E-state index in [0.717, 1.165) is 10.9 Å². The molecule has 2 aromatic carbocycles. The zero-order valence-electron chi connectivity index (χ0n) is 14.5. The van der Waals surface area contributed by atoms with Gasteiger partial charge in [-0.15, -0.1) is 0 Å². The first-order valence-corrected chi connectivity index (χ1v) is 9.72. The number of phenolic OH excluding ortho intramolecular Hbond substituents is 1. The number of rotatable bonds is 7. The molecule has 0 aromatic heterocycles. The zero-order valence-corrected chi connectivity index (χ0v) is 17.7. The fourth-order valence-corrected chi connectivity index (χ4v) is 3.23. The number of carbonyl (C=O) groups excluding carboxylic acids is 1. The molecule has 2 N–H and O–H groups in total. The van der Waals surface area contributed by atoms with Crippen LogP contribution in [0.5, 0.6) is 11.5 Å². The lowest BCUT2D eigenvalue weighted by molar-refractivity contribution is -0.123. The number of ether oxygens (including phenoxy) is 1. The van der Waals surface area contributed by atoms with Crippen LogP contribution in [0.3, 0.4) is 0 Å². The number of hydrogen-bond donors (Lipinski definition) is 2. The predicted molar refractivity (Wildman–Crippen MR) is 110 cm³/mol. The molecule has 7 heteroatoms. The van der Waals surface area contributed by atoms with E-state index in [-0.39, 0.29) is 18.3 Å². The van der Waals surface area contributed by atoms with Crippen molar-refractivity contribution in [2.75, 3.05) is 6.61 Å². The Morgan fingerprint density at radius 1 is 1.27 bits per heavy atom. The van der Waals surface area contributed by atoms with Crippen LogP contribution in [-0.2, 0) is 4.79 Å². The predicted octanol–water partition coefficient (Wildman–Crippen LogP) is 4.96. The topological polar surface area (TPSA) is 70.9 Å². The van der Waals surface area contributed by atoms with Crippen molar-refractivity contribution in [2.24, 2.45) is 5.10 Å². The van der Waals surface area contributed by atoms with Crippen LogP contribution < -0.4 is 10.2 Å². The van der Waals surface area contributed by atoms with Crippen LogP contribution in [0.25, 0.3) is 0 Å². The summed E-state index contributed by atoms with van der Waals surface area (Å²) in [7, 11) is 0. The summed E-state index contributed by atoms with van der Waals surface area (Å²) in [4.78, 5) is 11.8. The molecule has 1 amide bonds. The lowest BCUT2D eigenvalue weighted by atomic mass is 9.99. The van der Waals surface area contributed by atoms with E-state index in [2.05, 4.69) is 56.2 Å². The number of benzene rings is 2. The average Bonchev–Trinajstić information content (AvgIpc) is 2.64. The van der Waals surface area contributed by atoms with Crippen molar-refractivity contribution >= 4 is 44.0 Å². The molecule has 0 aliphatic carbocycles. The number of amides is 1. The summed E-state index contributed by atoms with van der Waals surface area (Å²) < 4.78 is 6.76. The second-order valence-corrected chi connectivity index (χ2v) is 7.49. The van der Waals surface area contributed by atoms with Crippen molar-refractivity contribution in [3.05, 3.63) is 56.5 Å². The third kappa shape index (κ3) is 5.85. The zero-order chi connectivity index (χ0) is 19.1. The molecule has 0 saturated carbocycles. The molecule has 0 heterocycles. The lowest BCUT2D eigenvalue weighted by Gasteiger charge is -2.10. The van der Waals surface area contributed by atoms with E-state index < -0.39 is 0 Å². The number of nitrogens with zero attached hydrogens (tertiary/aromatic N) is 1. The van der Waals surface area contributed by atoms with E-state index >= 15 is 0 Å². The van der Waals surface area contributed by atoms with E-state index in [9.17, 15) is 9.90 Å². The molecule has 0 radical (unpaired) electrons. The van der Waals surface area contributed by atoms with Crippen LogP contribution in [0.15, 0.2) is 50.4 Å². The van der Waals surface area contributed by atoms with Crippen LogP contribution in [0.2, 0.25) is 0 Å². The number of hydrazone groups is 1. The Kier molecular flexibility index (Phi) is 7.66. The summed E-state index contributed by atoms with van der Waals surface area (Å²) in [5.41, 5.74) is 4.27. The van der Waals surface area contributed by atoms with Crippen LogP contribution in [0, 0.1) is 0 Å². The molecule has 0 bridgehead atoms. The number of halogens is 2. The maximum Gasteiger partial charge on any atom is 0.277 e. The van der Waals surface area contributed by atoms with Gasteiger partial charge in [-0.2, -0.15) is 5.10 Å². The molecule has 2 rings (SSSR count). The highest BCUT2D eigenvalue weighted by Gasteiger charge is 2.06. The van der Waals surface area contributed by atoms with Gasteiger partial charge in [0.15, 0.2) is 6.61 Å². The largest absolute Gasteiger partial charge is 0.507 e. The van der Waals surface area contributed by atoms with Gasteiger partial charge in [-0.05, 0) is 58.1 Å². The quantitative estimate of drug-likeness (QED) is 0.431.